The summed E-state index contributed by atoms with van der Waals surface area (Å²) >= 11 is 3.49. The minimum Gasteiger partial charge on any atom is -0.448 e. The lowest BCUT2D eigenvalue weighted by Crippen LogP contribution is -2.30. The topological polar surface area (TPSA) is 63.6 Å². The molecule has 0 bridgehead atoms. The van der Waals surface area contributed by atoms with Gasteiger partial charge in [0.15, 0.2) is 0 Å². The monoisotopic (exact) mass is 419 g/mol. The van der Waals surface area contributed by atoms with E-state index in [1.807, 2.05) is 44.2 Å². The average molecular weight is 420 g/mol. The number of aromatic nitrogens is 1. The predicted molar refractivity (Wildman–Crippen MR) is 103 cm³/mol. The molecule has 26 heavy (non-hydrogen) atoms. The van der Waals surface area contributed by atoms with Gasteiger partial charge in [0.25, 0.3) is 5.91 Å². The number of amides is 2. The number of hydrogen-bond acceptors (Lipinski definition) is 3. The van der Waals surface area contributed by atoms with Gasteiger partial charge >= 0.3 is 6.09 Å². The molecule has 7 heteroatoms. The normalized spacial score (nSPS) is 13.8. The molecule has 1 fully saturated rings. The van der Waals surface area contributed by atoms with Crippen LogP contribution >= 0.6 is 15.9 Å². The van der Waals surface area contributed by atoms with Crippen LogP contribution in [0.4, 0.5) is 4.79 Å². The molecule has 1 aliphatic rings. The molecule has 0 atom stereocenters. The Hall–Kier alpha value is -2.28. The first kappa shape index (κ1) is 18.5. The van der Waals surface area contributed by atoms with Gasteiger partial charge in [-0.15, -0.1) is 0 Å². The lowest BCUT2D eigenvalue weighted by atomic mass is 10.2. The Morgan fingerprint density at radius 1 is 1.31 bits per heavy atom. The fourth-order valence-corrected chi connectivity index (χ4v) is 3.59. The van der Waals surface area contributed by atoms with Gasteiger partial charge in [-0.3, -0.25) is 4.79 Å². The molecule has 1 N–H and O–H groups in total. The van der Waals surface area contributed by atoms with Crippen molar-refractivity contribution in [2.75, 3.05) is 26.2 Å². The standard InChI is InChI=1S/C19H22BrN3O3/c1-13-11-17(14(2)23(13)16-6-3-5-15(20)12-16)18(24)21-7-4-8-22-9-10-26-19(22)25/h3,5-6,11-12H,4,7-10H2,1-2H3,(H,21,24). The molecule has 6 nitrogen and oxygen atoms in total. The Morgan fingerprint density at radius 3 is 2.81 bits per heavy atom. The van der Waals surface area contributed by atoms with Gasteiger partial charge in [0.1, 0.15) is 6.61 Å². The molecule has 0 unspecified atom stereocenters. The second kappa shape index (κ2) is 7.95. The number of nitrogens with zero attached hydrogens (tertiary/aromatic N) is 2. The molecule has 0 spiro atoms. The number of rotatable bonds is 6. The lowest BCUT2D eigenvalue weighted by molar-refractivity contribution is 0.0952. The minimum absolute atomic E-state index is 0.0941. The molecule has 0 radical (unpaired) electrons. The van der Waals surface area contributed by atoms with Gasteiger partial charge < -0.3 is 19.5 Å². The summed E-state index contributed by atoms with van der Waals surface area (Å²) in [5.74, 6) is -0.0941. The fraction of sp³-hybridized carbons (Fsp3) is 0.368. The van der Waals surface area contributed by atoms with E-state index >= 15 is 0 Å². The molecular weight excluding hydrogens is 398 g/mol. The van der Waals surface area contributed by atoms with Crippen molar-refractivity contribution < 1.29 is 14.3 Å². The van der Waals surface area contributed by atoms with Gasteiger partial charge in [-0.05, 0) is 44.5 Å². The molecule has 1 aromatic heterocycles. The number of halogens is 1. The second-order valence-electron chi connectivity index (χ2n) is 6.31. The van der Waals surface area contributed by atoms with Crippen molar-refractivity contribution in [1.82, 2.24) is 14.8 Å². The Bertz CT molecular complexity index is 831. The molecule has 138 valence electrons. The van der Waals surface area contributed by atoms with Gasteiger partial charge in [-0.1, -0.05) is 22.0 Å². The van der Waals surface area contributed by atoms with Crippen molar-refractivity contribution in [1.29, 1.82) is 0 Å². The Morgan fingerprint density at radius 2 is 2.12 bits per heavy atom. The molecule has 0 saturated carbocycles. The van der Waals surface area contributed by atoms with E-state index in [0.29, 0.717) is 38.2 Å². The zero-order valence-corrected chi connectivity index (χ0v) is 16.5. The number of benzene rings is 1. The average Bonchev–Trinajstić information content (AvgIpc) is 3.14. The molecule has 1 aromatic carbocycles. The van der Waals surface area contributed by atoms with Crippen molar-refractivity contribution in [2.24, 2.45) is 0 Å². The minimum atomic E-state index is -0.270. The van der Waals surface area contributed by atoms with E-state index in [2.05, 4.69) is 25.8 Å². The van der Waals surface area contributed by atoms with Gasteiger partial charge in [-0.25, -0.2) is 4.79 Å². The zero-order valence-electron chi connectivity index (χ0n) is 14.9. The molecule has 1 aliphatic heterocycles. The second-order valence-corrected chi connectivity index (χ2v) is 7.23. The maximum absolute atomic E-state index is 12.6. The van der Waals surface area contributed by atoms with Gasteiger partial charge in [0.2, 0.25) is 0 Å². The molecule has 2 heterocycles. The van der Waals surface area contributed by atoms with E-state index in [1.54, 1.807) is 4.90 Å². The third-order valence-corrected chi connectivity index (χ3v) is 4.97. The van der Waals surface area contributed by atoms with Crippen LogP contribution in [-0.4, -0.2) is 47.7 Å². The van der Waals surface area contributed by atoms with E-state index in [9.17, 15) is 9.59 Å². The summed E-state index contributed by atoms with van der Waals surface area (Å²) in [5, 5.41) is 2.94. The first-order valence-electron chi connectivity index (χ1n) is 8.62. The molecule has 3 rings (SSSR count). The van der Waals surface area contributed by atoms with E-state index < -0.39 is 0 Å². The molecule has 0 aliphatic carbocycles. The van der Waals surface area contributed by atoms with Crippen LogP contribution in [-0.2, 0) is 4.74 Å². The summed E-state index contributed by atoms with van der Waals surface area (Å²) in [7, 11) is 0. The third-order valence-electron chi connectivity index (χ3n) is 4.48. The predicted octanol–water partition coefficient (Wildman–Crippen LogP) is 3.43. The van der Waals surface area contributed by atoms with Crippen molar-refractivity contribution >= 4 is 27.9 Å². The largest absolute Gasteiger partial charge is 0.448 e. The Balaban J connectivity index is 1.63. The van der Waals surface area contributed by atoms with Gasteiger partial charge in [0.05, 0.1) is 12.1 Å². The summed E-state index contributed by atoms with van der Waals surface area (Å²) in [5.41, 5.74) is 3.59. The molecule has 2 aromatic rings. The number of cyclic esters (lactones) is 1. The zero-order chi connectivity index (χ0) is 18.7. The number of nitrogens with one attached hydrogen (secondary N) is 1. The van der Waals surface area contributed by atoms with E-state index in [4.69, 9.17) is 4.74 Å². The highest BCUT2D eigenvalue weighted by molar-refractivity contribution is 9.10. The summed E-state index contributed by atoms with van der Waals surface area (Å²) in [6.45, 7) is 6.12. The summed E-state index contributed by atoms with van der Waals surface area (Å²) in [4.78, 5) is 25.6. The van der Waals surface area contributed by atoms with E-state index in [1.165, 1.54) is 0 Å². The summed E-state index contributed by atoms with van der Waals surface area (Å²) < 4.78 is 7.95. The van der Waals surface area contributed by atoms with Crippen molar-refractivity contribution in [3.8, 4) is 5.69 Å². The maximum atomic E-state index is 12.6. The van der Waals surface area contributed by atoms with Crippen molar-refractivity contribution in [2.45, 2.75) is 20.3 Å². The molecular formula is C19H22BrN3O3. The highest BCUT2D eigenvalue weighted by Gasteiger charge is 2.21. The highest BCUT2D eigenvalue weighted by Crippen LogP contribution is 2.23. The van der Waals surface area contributed by atoms with Crippen molar-refractivity contribution in [3.63, 3.8) is 0 Å². The van der Waals surface area contributed by atoms with Crippen LogP contribution in [0, 0.1) is 13.8 Å². The quantitative estimate of drug-likeness (QED) is 0.729. The Kier molecular flexibility index (Phi) is 5.66. The fourth-order valence-electron chi connectivity index (χ4n) is 3.20. The van der Waals surface area contributed by atoms with Crippen LogP contribution in [0.3, 0.4) is 0 Å². The van der Waals surface area contributed by atoms with Crippen LogP contribution in [0.5, 0.6) is 0 Å². The number of ether oxygens (including phenoxy) is 1. The highest BCUT2D eigenvalue weighted by atomic mass is 79.9. The number of hydrogen-bond donors (Lipinski definition) is 1. The first-order chi connectivity index (χ1) is 12.5. The lowest BCUT2D eigenvalue weighted by Gasteiger charge is -2.13. The maximum Gasteiger partial charge on any atom is 0.409 e. The van der Waals surface area contributed by atoms with Gasteiger partial charge in [-0.2, -0.15) is 0 Å². The van der Waals surface area contributed by atoms with Crippen LogP contribution in [0.15, 0.2) is 34.8 Å². The van der Waals surface area contributed by atoms with E-state index in [-0.39, 0.29) is 12.0 Å². The van der Waals surface area contributed by atoms with Crippen LogP contribution < -0.4 is 5.32 Å². The van der Waals surface area contributed by atoms with Crippen LogP contribution in [0.2, 0.25) is 0 Å². The summed E-state index contributed by atoms with van der Waals surface area (Å²) in [6, 6.07) is 9.89. The Labute approximate surface area is 161 Å². The van der Waals surface area contributed by atoms with Crippen LogP contribution in [0.25, 0.3) is 5.69 Å². The van der Waals surface area contributed by atoms with Gasteiger partial charge in [0, 0.05) is 34.6 Å². The smallest absolute Gasteiger partial charge is 0.409 e. The SMILES string of the molecule is Cc1cc(C(=O)NCCCN2CCOC2=O)c(C)n1-c1cccc(Br)c1. The molecule has 2 amide bonds. The number of carbonyl (C=O) groups excluding carboxylic acids is 2. The van der Waals surface area contributed by atoms with Crippen molar-refractivity contribution in [3.05, 3.63) is 51.8 Å². The summed E-state index contributed by atoms with van der Waals surface area (Å²) in [6.07, 6.45) is 0.430. The van der Waals surface area contributed by atoms with Crippen LogP contribution in [0.1, 0.15) is 28.2 Å². The number of aryl methyl sites for hydroxylation is 1. The molecule has 1 saturated heterocycles. The first-order valence-corrected chi connectivity index (χ1v) is 9.41. The van der Waals surface area contributed by atoms with E-state index in [0.717, 1.165) is 21.5 Å². The number of carbonyl (C=O) groups is 2. The third kappa shape index (κ3) is 3.93.